The molecule has 1 aromatic heterocycles. The van der Waals surface area contributed by atoms with Gasteiger partial charge in [-0.25, -0.2) is 17.2 Å². The van der Waals surface area contributed by atoms with Crippen LogP contribution in [0.15, 0.2) is 47.4 Å². The van der Waals surface area contributed by atoms with Crippen LogP contribution in [0.3, 0.4) is 0 Å². The number of aromatic nitrogens is 2. The lowest BCUT2D eigenvalue weighted by Gasteiger charge is -2.20. The summed E-state index contributed by atoms with van der Waals surface area (Å²) in [6.07, 6.45) is 1.94. The smallest absolute Gasteiger partial charge is 0.316 e. The molecule has 1 N–H and O–H groups in total. The number of methoxy groups -OCH3 is 1. The van der Waals surface area contributed by atoms with Crippen molar-refractivity contribution in [1.82, 2.24) is 9.55 Å². The summed E-state index contributed by atoms with van der Waals surface area (Å²) >= 11 is 0. The van der Waals surface area contributed by atoms with Crippen molar-refractivity contribution < 1.29 is 21.9 Å². The summed E-state index contributed by atoms with van der Waals surface area (Å²) in [5, 5.41) is 3.06. The van der Waals surface area contributed by atoms with E-state index in [9.17, 15) is 22.0 Å². The summed E-state index contributed by atoms with van der Waals surface area (Å²) in [5.74, 6) is -1.29. The second-order valence-corrected chi connectivity index (χ2v) is 9.72. The standard InChI is InChI=1S/C22H22F2N4O4S/c1-14-4-5-18(28-6-3-7-33(28,30)31)11-19(14)25-22-26-21(29)20(32-2)13-27(22)12-15-8-16(23)10-17(24)9-15/h4-5,8-11,13H,3,6-7,12H2,1-2H3,(H,25,26,29). The van der Waals surface area contributed by atoms with E-state index in [0.29, 0.717) is 29.9 Å². The van der Waals surface area contributed by atoms with Crippen LogP contribution in [0.25, 0.3) is 0 Å². The zero-order chi connectivity index (χ0) is 23.8. The van der Waals surface area contributed by atoms with Crippen molar-refractivity contribution in [2.75, 3.05) is 29.0 Å². The molecule has 0 atom stereocenters. The molecule has 0 radical (unpaired) electrons. The maximum atomic E-state index is 13.7. The van der Waals surface area contributed by atoms with Gasteiger partial charge in [0.05, 0.1) is 31.3 Å². The summed E-state index contributed by atoms with van der Waals surface area (Å²) < 4.78 is 59.9. The van der Waals surface area contributed by atoms with Crippen molar-refractivity contribution in [1.29, 1.82) is 0 Å². The number of benzene rings is 2. The summed E-state index contributed by atoms with van der Waals surface area (Å²) in [7, 11) is -2.05. The fourth-order valence-electron chi connectivity index (χ4n) is 3.68. The molecule has 0 aliphatic carbocycles. The van der Waals surface area contributed by atoms with Crippen molar-refractivity contribution >= 4 is 27.3 Å². The minimum Gasteiger partial charge on any atom is -0.490 e. The lowest BCUT2D eigenvalue weighted by molar-refractivity contribution is 0.402. The number of nitrogens with one attached hydrogen (secondary N) is 1. The SMILES string of the molecule is COc1cn(Cc2cc(F)cc(F)c2)c(Nc2cc(N3CCCS3(=O)=O)ccc2C)nc1=O. The number of halogens is 2. The number of sulfonamides is 1. The van der Waals surface area contributed by atoms with E-state index < -0.39 is 27.2 Å². The average molecular weight is 477 g/mol. The molecule has 8 nitrogen and oxygen atoms in total. The highest BCUT2D eigenvalue weighted by molar-refractivity contribution is 7.93. The van der Waals surface area contributed by atoms with E-state index in [4.69, 9.17) is 4.74 Å². The van der Waals surface area contributed by atoms with E-state index >= 15 is 0 Å². The van der Waals surface area contributed by atoms with E-state index in [-0.39, 0.29) is 24.0 Å². The molecule has 0 unspecified atom stereocenters. The molecular formula is C22H22F2N4O4S. The Kier molecular flexibility index (Phi) is 6.07. The highest BCUT2D eigenvalue weighted by atomic mass is 32.2. The van der Waals surface area contributed by atoms with Crippen LogP contribution in [0.2, 0.25) is 0 Å². The summed E-state index contributed by atoms with van der Waals surface area (Å²) in [4.78, 5) is 16.4. The van der Waals surface area contributed by atoms with Crippen molar-refractivity contribution in [3.05, 3.63) is 75.7 Å². The van der Waals surface area contributed by atoms with Crippen LogP contribution >= 0.6 is 0 Å². The van der Waals surface area contributed by atoms with Gasteiger partial charge in [-0.15, -0.1) is 0 Å². The molecule has 0 bridgehead atoms. The first kappa shape index (κ1) is 22.7. The fourth-order valence-corrected chi connectivity index (χ4v) is 5.24. The highest BCUT2D eigenvalue weighted by Crippen LogP contribution is 2.30. The first-order valence-electron chi connectivity index (χ1n) is 10.1. The molecule has 1 saturated heterocycles. The van der Waals surface area contributed by atoms with E-state index in [1.807, 2.05) is 6.92 Å². The van der Waals surface area contributed by atoms with Crippen LogP contribution in [0, 0.1) is 18.6 Å². The van der Waals surface area contributed by atoms with Crippen molar-refractivity contribution in [3.63, 3.8) is 0 Å². The minimum absolute atomic E-state index is 0.000103. The number of nitrogens with zero attached hydrogens (tertiary/aromatic N) is 3. The lowest BCUT2D eigenvalue weighted by Crippen LogP contribution is -2.25. The fraction of sp³-hybridized carbons (Fsp3) is 0.273. The topological polar surface area (TPSA) is 93.5 Å². The maximum Gasteiger partial charge on any atom is 0.316 e. The van der Waals surface area contributed by atoms with Crippen LogP contribution in [-0.2, 0) is 16.6 Å². The number of ether oxygens (including phenoxy) is 1. The number of hydrogen-bond acceptors (Lipinski definition) is 6. The molecule has 1 aliphatic heterocycles. The van der Waals surface area contributed by atoms with Gasteiger partial charge in [-0.2, -0.15) is 4.98 Å². The first-order chi connectivity index (χ1) is 15.7. The molecule has 33 heavy (non-hydrogen) atoms. The van der Waals surface area contributed by atoms with Gasteiger partial charge in [0.1, 0.15) is 11.6 Å². The van der Waals surface area contributed by atoms with Crippen LogP contribution < -0.4 is 19.9 Å². The van der Waals surface area contributed by atoms with E-state index in [1.165, 1.54) is 34.3 Å². The molecule has 174 valence electrons. The van der Waals surface area contributed by atoms with Gasteiger partial charge in [0.15, 0.2) is 0 Å². The molecule has 4 rings (SSSR count). The van der Waals surface area contributed by atoms with E-state index in [2.05, 4.69) is 10.3 Å². The van der Waals surface area contributed by atoms with Crippen LogP contribution in [0.5, 0.6) is 5.75 Å². The third-order valence-electron chi connectivity index (χ3n) is 5.31. The van der Waals surface area contributed by atoms with Gasteiger partial charge in [0, 0.05) is 18.3 Å². The average Bonchev–Trinajstić information content (AvgIpc) is 3.09. The predicted octanol–water partition coefficient (Wildman–Crippen LogP) is 3.17. The van der Waals surface area contributed by atoms with E-state index in [0.717, 1.165) is 11.6 Å². The third kappa shape index (κ3) is 4.82. The van der Waals surface area contributed by atoms with Gasteiger partial charge >= 0.3 is 5.56 Å². The van der Waals surface area contributed by atoms with Gasteiger partial charge in [-0.3, -0.25) is 9.10 Å². The van der Waals surface area contributed by atoms with Gasteiger partial charge in [0.25, 0.3) is 0 Å². The summed E-state index contributed by atoms with van der Waals surface area (Å²) in [5.41, 5.74) is 1.50. The Labute approximate surface area is 189 Å². The second kappa shape index (κ2) is 8.81. The Morgan fingerprint density at radius 2 is 1.88 bits per heavy atom. The largest absolute Gasteiger partial charge is 0.490 e. The summed E-state index contributed by atoms with van der Waals surface area (Å²) in [6.45, 7) is 2.21. The summed E-state index contributed by atoms with van der Waals surface area (Å²) in [6, 6.07) is 8.28. The Bertz CT molecular complexity index is 1360. The van der Waals surface area contributed by atoms with Crippen LogP contribution in [0.4, 0.5) is 26.1 Å². The Morgan fingerprint density at radius 3 is 2.52 bits per heavy atom. The Hall–Kier alpha value is -3.47. The normalized spacial score (nSPS) is 15.0. The number of rotatable bonds is 6. The van der Waals surface area contributed by atoms with Crippen molar-refractivity contribution in [2.45, 2.75) is 19.9 Å². The van der Waals surface area contributed by atoms with Crippen LogP contribution in [-0.4, -0.2) is 37.4 Å². The third-order valence-corrected chi connectivity index (χ3v) is 7.18. The Balaban J connectivity index is 1.74. The second-order valence-electron chi connectivity index (χ2n) is 7.71. The van der Waals surface area contributed by atoms with Crippen molar-refractivity contribution in [2.24, 2.45) is 0 Å². The highest BCUT2D eigenvalue weighted by Gasteiger charge is 2.28. The molecule has 0 saturated carbocycles. The van der Waals surface area contributed by atoms with Gasteiger partial charge in [-0.05, 0) is 48.7 Å². The number of anilines is 3. The molecule has 0 amide bonds. The maximum absolute atomic E-state index is 13.7. The molecule has 1 fully saturated rings. The van der Waals surface area contributed by atoms with Gasteiger partial charge in [0.2, 0.25) is 21.7 Å². The van der Waals surface area contributed by atoms with E-state index in [1.54, 1.807) is 18.2 Å². The molecule has 3 aromatic rings. The van der Waals surface area contributed by atoms with Gasteiger partial charge < -0.3 is 14.6 Å². The zero-order valence-corrected chi connectivity index (χ0v) is 18.8. The lowest BCUT2D eigenvalue weighted by atomic mass is 10.1. The first-order valence-corrected chi connectivity index (χ1v) is 11.8. The molecule has 1 aliphatic rings. The van der Waals surface area contributed by atoms with Crippen LogP contribution in [0.1, 0.15) is 17.5 Å². The zero-order valence-electron chi connectivity index (χ0n) is 18.0. The minimum atomic E-state index is -3.37. The molecule has 2 heterocycles. The Morgan fingerprint density at radius 1 is 1.15 bits per heavy atom. The quantitative estimate of drug-likeness (QED) is 0.588. The molecule has 0 spiro atoms. The van der Waals surface area contributed by atoms with Gasteiger partial charge in [-0.1, -0.05) is 6.07 Å². The predicted molar refractivity (Wildman–Crippen MR) is 121 cm³/mol. The van der Waals surface area contributed by atoms with Crippen molar-refractivity contribution in [3.8, 4) is 5.75 Å². The molecule has 11 heteroatoms. The number of hydrogen-bond donors (Lipinski definition) is 1. The monoisotopic (exact) mass is 476 g/mol. The molecule has 2 aromatic carbocycles. The number of aryl methyl sites for hydroxylation is 1. The molecular weight excluding hydrogens is 454 g/mol.